The molecule has 0 atom stereocenters. The Morgan fingerprint density at radius 2 is 1.95 bits per heavy atom. The number of H-pyrrole nitrogens is 1. The van der Waals surface area contributed by atoms with E-state index in [-0.39, 0.29) is 17.5 Å². The predicted molar refractivity (Wildman–Crippen MR) is 78.8 cm³/mol. The van der Waals surface area contributed by atoms with Crippen molar-refractivity contribution >= 4 is 16.7 Å². The highest BCUT2D eigenvalue weighted by Crippen LogP contribution is 2.15. The first-order valence-corrected chi connectivity index (χ1v) is 6.84. The van der Waals surface area contributed by atoms with Gasteiger partial charge in [0.15, 0.2) is 5.69 Å². The number of amides is 1. The van der Waals surface area contributed by atoms with E-state index in [9.17, 15) is 9.59 Å². The summed E-state index contributed by atoms with van der Waals surface area (Å²) in [6, 6.07) is 7.13. The highest BCUT2D eigenvalue weighted by Gasteiger charge is 2.22. The summed E-state index contributed by atoms with van der Waals surface area (Å²) < 4.78 is 0. The first-order valence-electron chi connectivity index (χ1n) is 6.84. The molecule has 1 heterocycles. The van der Waals surface area contributed by atoms with Gasteiger partial charge in [-0.2, -0.15) is 5.10 Å². The second-order valence-electron chi connectivity index (χ2n) is 5.04. The Balaban J connectivity index is 2.55. The van der Waals surface area contributed by atoms with Crippen LogP contribution in [0.2, 0.25) is 0 Å². The number of aromatic nitrogens is 2. The Bertz CT molecular complexity index is 676. The maximum absolute atomic E-state index is 12.6. The molecule has 1 amide bonds. The van der Waals surface area contributed by atoms with Crippen molar-refractivity contribution in [3.8, 4) is 0 Å². The molecule has 5 heteroatoms. The smallest absolute Gasteiger partial charge is 0.275 e. The van der Waals surface area contributed by atoms with Crippen LogP contribution in [0.3, 0.4) is 0 Å². The highest BCUT2D eigenvalue weighted by atomic mass is 16.2. The monoisotopic (exact) mass is 273 g/mol. The lowest BCUT2D eigenvalue weighted by Crippen LogP contribution is -2.38. The fourth-order valence-corrected chi connectivity index (χ4v) is 2.25. The van der Waals surface area contributed by atoms with E-state index in [0.29, 0.717) is 23.0 Å². The third-order valence-electron chi connectivity index (χ3n) is 3.25. The van der Waals surface area contributed by atoms with E-state index in [1.807, 2.05) is 20.8 Å². The van der Waals surface area contributed by atoms with Crippen LogP contribution in [0, 0.1) is 0 Å². The minimum absolute atomic E-state index is 0.0925. The van der Waals surface area contributed by atoms with E-state index in [0.717, 1.165) is 6.42 Å². The molecule has 0 saturated heterocycles. The zero-order valence-electron chi connectivity index (χ0n) is 12.0. The minimum Gasteiger partial charge on any atom is -0.335 e. The number of nitrogens with one attached hydrogen (secondary N) is 1. The molecule has 0 aliphatic rings. The molecular formula is C15H19N3O2. The van der Waals surface area contributed by atoms with Crippen molar-refractivity contribution in [2.24, 2.45) is 0 Å². The first kappa shape index (κ1) is 14.2. The van der Waals surface area contributed by atoms with Gasteiger partial charge >= 0.3 is 0 Å². The van der Waals surface area contributed by atoms with Crippen LogP contribution in [0.15, 0.2) is 29.1 Å². The zero-order valence-corrected chi connectivity index (χ0v) is 12.0. The third-order valence-corrected chi connectivity index (χ3v) is 3.25. The number of aromatic amines is 1. The molecule has 2 aromatic rings. The molecule has 0 bridgehead atoms. The topological polar surface area (TPSA) is 66.1 Å². The second-order valence-corrected chi connectivity index (χ2v) is 5.04. The van der Waals surface area contributed by atoms with Crippen LogP contribution >= 0.6 is 0 Å². The van der Waals surface area contributed by atoms with Crippen LogP contribution in [-0.4, -0.2) is 33.6 Å². The molecule has 2 rings (SSSR count). The van der Waals surface area contributed by atoms with Gasteiger partial charge in [0.25, 0.3) is 11.5 Å². The summed E-state index contributed by atoms with van der Waals surface area (Å²) >= 11 is 0. The van der Waals surface area contributed by atoms with E-state index >= 15 is 0 Å². The normalized spacial score (nSPS) is 11.0. The molecular weight excluding hydrogens is 254 g/mol. The molecule has 1 N–H and O–H groups in total. The lowest BCUT2D eigenvalue weighted by atomic mass is 10.1. The van der Waals surface area contributed by atoms with Crippen LogP contribution in [0.1, 0.15) is 37.7 Å². The van der Waals surface area contributed by atoms with E-state index < -0.39 is 0 Å². The number of carbonyl (C=O) groups excluding carboxylic acids is 1. The number of benzene rings is 1. The van der Waals surface area contributed by atoms with E-state index in [1.165, 1.54) is 0 Å². The van der Waals surface area contributed by atoms with Gasteiger partial charge in [0, 0.05) is 18.0 Å². The summed E-state index contributed by atoms with van der Waals surface area (Å²) in [4.78, 5) is 26.2. The average Bonchev–Trinajstić information content (AvgIpc) is 2.44. The number of hydrogen-bond donors (Lipinski definition) is 1. The van der Waals surface area contributed by atoms with Gasteiger partial charge in [0.05, 0.1) is 5.39 Å². The van der Waals surface area contributed by atoms with Crippen LogP contribution < -0.4 is 5.56 Å². The van der Waals surface area contributed by atoms with Gasteiger partial charge in [0.1, 0.15) is 0 Å². The molecule has 106 valence electrons. The highest BCUT2D eigenvalue weighted by molar-refractivity contribution is 6.04. The standard InChI is InChI=1S/C15H19N3O2/c1-4-9-18(10(2)3)15(20)13-11-7-5-6-8-12(11)14(19)17-16-13/h5-8,10H,4,9H2,1-3H3,(H,17,19). The Hall–Kier alpha value is -2.17. The number of hydrogen-bond acceptors (Lipinski definition) is 3. The minimum atomic E-state index is -0.274. The molecule has 0 aliphatic carbocycles. The molecule has 0 saturated carbocycles. The number of carbonyl (C=O) groups is 1. The van der Waals surface area contributed by atoms with E-state index in [4.69, 9.17) is 0 Å². The number of nitrogens with zero attached hydrogens (tertiary/aromatic N) is 2. The van der Waals surface area contributed by atoms with Gasteiger partial charge in [-0.25, -0.2) is 5.10 Å². The summed E-state index contributed by atoms with van der Waals surface area (Å²) in [7, 11) is 0. The summed E-state index contributed by atoms with van der Waals surface area (Å²) in [6.45, 7) is 6.65. The SMILES string of the molecule is CCCN(C(=O)c1n[nH]c(=O)c2ccccc12)C(C)C. The van der Waals surface area contributed by atoms with Gasteiger partial charge in [-0.1, -0.05) is 25.1 Å². The molecule has 0 aliphatic heterocycles. The van der Waals surface area contributed by atoms with Crippen molar-refractivity contribution in [1.29, 1.82) is 0 Å². The van der Waals surface area contributed by atoms with Crippen molar-refractivity contribution in [2.75, 3.05) is 6.54 Å². The van der Waals surface area contributed by atoms with Gasteiger partial charge < -0.3 is 4.90 Å². The predicted octanol–water partition coefficient (Wildman–Crippen LogP) is 2.18. The largest absolute Gasteiger partial charge is 0.335 e. The fraction of sp³-hybridized carbons (Fsp3) is 0.400. The molecule has 0 unspecified atom stereocenters. The van der Waals surface area contributed by atoms with Crippen molar-refractivity contribution in [3.05, 3.63) is 40.3 Å². The summed E-state index contributed by atoms with van der Waals surface area (Å²) in [6.07, 6.45) is 0.880. The Morgan fingerprint density at radius 3 is 2.55 bits per heavy atom. The van der Waals surface area contributed by atoms with Crippen molar-refractivity contribution < 1.29 is 4.79 Å². The molecule has 1 aromatic heterocycles. The average molecular weight is 273 g/mol. The van der Waals surface area contributed by atoms with Crippen molar-refractivity contribution in [3.63, 3.8) is 0 Å². The summed E-state index contributed by atoms with van der Waals surface area (Å²) in [5.41, 5.74) is 0.0334. The van der Waals surface area contributed by atoms with E-state index in [2.05, 4.69) is 10.2 Å². The molecule has 0 spiro atoms. The maximum atomic E-state index is 12.6. The summed E-state index contributed by atoms with van der Waals surface area (Å²) in [5.74, 6) is -0.144. The van der Waals surface area contributed by atoms with Gasteiger partial charge in [0.2, 0.25) is 0 Å². The molecule has 5 nitrogen and oxygen atoms in total. The van der Waals surface area contributed by atoms with Crippen LogP contribution in [-0.2, 0) is 0 Å². The third kappa shape index (κ3) is 2.57. The summed E-state index contributed by atoms with van der Waals surface area (Å²) in [5, 5.41) is 7.46. The lowest BCUT2D eigenvalue weighted by molar-refractivity contribution is 0.0701. The quantitative estimate of drug-likeness (QED) is 0.928. The van der Waals surface area contributed by atoms with Gasteiger partial charge in [-0.3, -0.25) is 9.59 Å². The number of rotatable bonds is 4. The second kappa shape index (κ2) is 5.86. The van der Waals surface area contributed by atoms with Gasteiger partial charge in [-0.15, -0.1) is 0 Å². The Labute approximate surface area is 117 Å². The Kier molecular flexibility index (Phi) is 4.17. The molecule has 20 heavy (non-hydrogen) atoms. The van der Waals surface area contributed by atoms with Crippen LogP contribution in [0.25, 0.3) is 10.8 Å². The lowest BCUT2D eigenvalue weighted by Gasteiger charge is -2.26. The van der Waals surface area contributed by atoms with Crippen LogP contribution in [0.5, 0.6) is 0 Å². The molecule has 0 fully saturated rings. The van der Waals surface area contributed by atoms with Gasteiger partial charge in [-0.05, 0) is 26.3 Å². The van der Waals surface area contributed by atoms with Crippen LogP contribution in [0.4, 0.5) is 0 Å². The van der Waals surface area contributed by atoms with Crippen molar-refractivity contribution in [1.82, 2.24) is 15.1 Å². The zero-order chi connectivity index (χ0) is 14.7. The fourth-order valence-electron chi connectivity index (χ4n) is 2.25. The maximum Gasteiger partial charge on any atom is 0.275 e. The molecule has 1 aromatic carbocycles. The molecule has 0 radical (unpaired) electrons. The van der Waals surface area contributed by atoms with E-state index in [1.54, 1.807) is 29.2 Å². The Morgan fingerprint density at radius 1 is 1.30 bits per heavy atom. The number of fused-ring (bicyclic) bond motifs is 1. The van der Waals surface area contributed by atoms with Crippen molar-refractivity contribution in [2.45, 2.75) is 33.2 Å². The first-order chi connectivity index (χ1) is 9.56.